The molecule has 4 aromatic rings. The topological polar surface area (TPSA) is 59.1 Å². The summed E-state index contributed by atoms with van der Waals surface area (Å²) in [7, 11) is 0. The van der Waals surface area contributed by atoms with E-state index in [9.17, 15) is 9.59 Å². The first-order valence-corrected chi connectivity index (χ1v) is 10.5. The Morgan fingerprint density at radius 2 is 1.41 bits per heavy atom. The predicted molar refractivity (Wildman–Crippen MR) is 120 cm³/mol. The summed E-state index contributed by atoms with van der Waals surface area (Å²) in [6.07, 6.45) is 0. The SMILES string of the molecule is O=C(Nc1nc(-c2ccccc2)c(C(=O)c2ccccc2)s1)c1ccc(Br)cc1. The molecule has 142 valence electrons. The summed E-state index contributed by atoms with van der Waals surface area (Å²) in [5.74, 6) is -0.393. The Hall–Kier alpha value is -3.09. The highest BCUT2D eigenvalue weighted by atomic mass is 79.9. The first kappa shape index (κ1) is 19.2. The number of thiazole rings is 1. The van der Waals surface area contributed by atoms with Crippen molar-refractivity contribution in [2.75, 3.05) is 5.32 Å². The zero-order valence-corrected chi connectivity index (χ0v) is 17.5. The smallest absolute Gasteiger partial charge is 0.257 e. The first-order valence-electron chi connectivity index (χ1n) is 8.85. The van der Waals surface area contributed by atoms with Gasteiger partial charge in [-0.25, -0.2) is 4.98 Å². The lowest BCUT2D eigenvalue weighted by Crippen LogP contribution is -2.11. The molecule has 0 spiro atoms. The monoisotopic (exact) mass is 462 g/mol. The number of nitrogens with one attached hydrogen (secondary N) is 1. The van der Waals surface area contributed by atoms with Crippen LogP contribution in [-0.2, 0) is 0 Å². The number of anilines is 1. The highest BCUT2D eigenvalue weighted by molar-refractivity contribution is 9.10. The summed E-state index contributed by atoms with van der Waals surface area (Å²) in [5, 5.41) is 3.20. The molecule has 1 aromatic heterocycles. The standard InChI is InChI=1S/C23H15BrN2O2S/c24-18-13-11-17(12-14-18)22(28)26-23-25-19(15-7-3-1-4-8-15)21(29-23)20(27)16-9-5-2-6-10-16/h1-14H,(H,25,26,28). The van der Waals surface area contributed by atoms with Crippen molar-refractivity contribution >= 4 is 44.1 Å². The van der Waals surface area contributed by atoms with Gasteiger partial charge < -0.3 is 0 Å². The maximum atomic E-state index is 13.1. The maximum absolute atomic E-state index is 13.1. The Morgan fingerprint density at radius 3 is 2.07 bits per heavy atom. The van der Waals surface area contributed by atoms with Crippen molar-refractivity contribution in [1.29, 1.82) is 0 Å². The quantitative estimate of drug-likeness (QED) is 0.366. The molecule has 0 radical (unpaired) electrons. The lowest BCUT2D eigenvalue weighted by atomic mass is 10.1. The van der Waals surface area contributed by atoms with Crippen molar-refractivity contribution < 1.29 is 9.59 Å². The summed E-state index contributed by atoms with van der Waals surface area (Å²) >= 11 is 4.54. The molecule has 0 aliphatic heterocycles. The van der Waals surface area contributed by atoms with Crippen molar-refractivity contribution in [1.82, 2.24) is 4.98 Å². The molecule has 0 saturated heterocycles. The van der Waals surface area contributed by atoms with Crippen molar-refractivity contribution in [2.45, 2.75) is 0 Å². The number of carbonyl (C=O) groups is 2. The second-order valence-electron chi connectivity index (χ2n) is 6.22. The molecule has 0 atom stereocenters. The van der Waals surface area contributed by atoms with Crippen molar-refractivity contribution in [3.05, 3.63) is 105 Å². The lowest BCUT2D eigenvalue weighted by molar-refractivity contribution is 0.102. The van der Waals surface area contributed by atoms with Gasteiger partial charge in [0.25, 0.3) is 5.91 Å². The highest BCUT2D eigenvalue weighted by Gasteiger charge is 2.21. The Labute approximate surface area is 180 Å². The van der Waals surface area contributed by atoms with Crippen LogP contribution in [0.4, 0.5) is 5.13 Å². The Bertz CT molecular complexity index is 1160. The van der Waals surface area contributed by atoms with E-state index in [1.165, 1.54) is 11.3 Å². The van der Waals surface area contributed by atoms with Gasteiger partial charge in [0, 0.05) is 21.2 Å². The molecule has 0 aliphatic rings. The fourth-order valence-electron chi connectivity index (χ4n) is 2.81. The Kier molecular flexibility index (Phi) is 5.64. The predicted octanol–water partition coefficient (Wildman–Crippen LogP) is 6.06. The first-order chi connectivity index (χ1) is 14.1. The summed E-state index contributed by atoms with van der Waals surface area (Å²) in [6, 6.07) is 25.6. The van der Waals surface area contributed by atoms with E-state index in [0.29, 0.717) is 26.8 Å². The number of aromatic nitrogens is 1. The van der Waals surface area contributed by atoms with Crippen LogP contribution in [-0.4, -0.2) is 16.7 Å². The third kappa shape index (κ3) is 4.34. The molecule has 29 heavy (non-hydrogen) atoms. The number of ketones is 1. The molecule has 4 nitrogen and oxygen atoms in total. The zero-order valence-electron chi connectivity index (χ0n) is 15.1. The summed E-state index contributed by atoms with van der Waals surface area (Å²) in [4.78, 5) is 30.7. The number of hydrogen-bond donors (Lipinski definition) is 1. The molecule has 0 unspecified atom stereocenters. The average Bonchev–Trinajstić information content (AvgIpc) is 3.18. The number of benzene rings is 3. The summed E-state index contributed by atoms with van der Waals surface area (Å²) < 4.78 is 0.894. The summed E-state index contributed by atoms with van der Waals surface area (Å²) in [6.45, 7) is 0. The van der Waals surface area contributed by atoms with Crippen LogP contribution in [0.2, 0.25) is 0 Å². The fraction of sp³-hybridized carbons (Fsp3) is 0. The molecular formula is C23H15BrN2O2S. The molecule has 4 rings (SSSR count). The third-order valence-electron chi connectivity index (χ3n) is 4.24. The third-order valence-corrected chi connectivity index (χ3v) is 5.74. The van der Waals surface area contributed by atoms with E-state index in [1.807, 2.05) is 48.5 Å². The molecule has 0 fully saturated rings. The number of halogens is 1. The Balaban J connectivity index is 1.71. The van der Waals surface area contributed by atoms with Crippen LogP contribution in [0, 0.1) is 0 Å². The normalized spacial score (nSPS) is 10.5. The van der Waals surface area contributed by atoms with Crippen LogP contribution >= 0.6 is 27.3 Å². The van der Waals surface area contributed by atoms with Gasteiger partial charge >= 0.3 is 0 Å². The van der Waals surface area contributed by atoms with Crippen LogP contribution in [0.3, 0.4) is 0 Å². The molecular weight excluding hydrogens is 448 g/mol. The number of hydrogen-bond acceptors (Lipinski definition) is 4. The van der Waals surface area contributed by atoms with E-state index in [-0.39, 0.29) is 11.7 Å². The Morgan fingerprint density at radius 1 is 0.793 bits per heavy atom. The molecule has 1 heterocycles. The van der Waals surface area contributed by atoms with Gasteiger partial charge in [0.1, 0.15) is 4.88 Å². The summed E-state index contributed by atoms with van der Waals surface area (Å²) in [5.41, 5.74) is 2.49. The number of rotatable bonds is 5. The number of carbonyl (C=O) groups excluding carboxylic acids is 2. The van der Waals surface area contributed by atoms with Crippen LogP contribution < -0.4 is 5.32 Å². The maximum Gasteiger partial charge on any atom is 0.257 e. The van der Waals surface area contributed by atoms with Crippen LogP contribution in [0.1, 0.15) is 25.6 Å². The van der Waals surface area contributed by atoms with Gasteiger partial charge in [-0.15, -0.1) is 0 Å². The van der Waals surface area contributed by atoms with E-state index in [2.05, 4.69) is 26.2 Å². The molecule has 6 heteroatoms. The van der Waals surface area contributed by atoms with Gasteiger partial charge in [0.05, 0.1) is 5.69 Å². The second-order valence-corrected chi connectivity index (χ2v) is 8.13. The molecule has 0 bridgehead atoms. The fourth-order valence-corrected chi connectivity index (χ4v) is 4.02. The minimum atomic E-state index is -0.274. The molecule has 0 aliphatic carbocycles. The minimum Gasteiger partial charge on any atom is -0.298 e. The zero-order chi connectivity index (χ0) is 20.2. The second kappa shape index (κ2) is 8.51. The van der Waals surface area contributed by atoms with Crippen LogP contribution in [0.25, 0.3) is 11.3 Å². The number of nitrogens with zero attached hydrogens (tertiary/aromatic N) is 1. The molecule has 1 amide bonds. The van der Waals surface area contributed by atoms with E-state index >= 15 is 0 Å². The number of amides is 1. The van der Waals surface area contributed by atoms with E-state index in [4.69, 9.17) is 0 Å². The highest BCUT2D eigenvalue weighted by Crippen LogP contribution is 2.33. The van der Waals surface area contributed by atoms with E-state index in [1.54, 1.807) is 36.4 Å². The largest absolute Gasteiger partial charge is 0.298 e. The lowest BCUT2D eigenvalue weighted by Gasteiger charge is -2.02. The van der Waals surface area contributed by atoms with Crippen molar-refractivity contribution in [3.8, 4) is 11.3 Å². The van der Waals surface area contributed by atoms with E-state index < -0.39 is 0 Å². The van der Waals surface area contributed by atoms with Gasteiger partial charge in [-0.05, 0) is 24.3 Å². The van der Waals surface area contributed by atoms with E-state index in [0.717, 1.165) is 10.0 Å². The molecule has 1 N–H and O–H groups in total. The van der Waals surface area contributed by atoms with Gasteiger partial charge in [0.15, 0.2) is 5.13 Å². The van der Waals surface area contributed by atoms with Crippen molar-refractivity contribution in [3.63, 3.8) is 0 Å². The van der Waals surface area contributed by atoms with Gasteiger partial charge in [-0.2, -0.15) is 0 Å². The van der Waals surface area contributed by atoms with Gasteiger partial charge in [-0.3, -0.25) is 14.9 Å². The molecule has 3 aromatic carbocycles. The van der Waals surface area contributed by atoms with Gasteiger partial charge in [0.2, 0.25) is 5.78 Å². The molecule has 0 saturated carbocycles. The van der Waals surface area contributed by atoms with Crippen LogP contribution in [0.15, 0.2) is 89.4 Å². The van der Waals surface area contributed by atoms with Crippen molar-refractivity contribution in [2.24, 2.45) is 0 Å². The average molecular weight is 463 g/mol. The minimum absolute atomic E-state index is 0.119. The van der Waals surface area contributed by atoms with Crippen LogP contribution in [0.5, 0.6) is 0 Å². The van der Waals surface area contributed by atoms with Gasteiger partial charge in [-0.1, -0.05) is 87.9 Å².